The van der Waals surface area contributed by atoms with Crippen LogP contribution in [0.3, 0.4) is 0 Å². The first-order chi connectivity index (χ1) is 10.1. The molecule has 1 aromatic carbocycles. The van der Waals surface area contributed by atoms with E-state index in [0.717, 1.165) is 60.6 Å². The van der Waals surface area contributed by atoms with Gasteiger partial charge in [0, 0.05) is 24.4 Å². The Morgan fingerprint density at radius 1 is 1.33 bits per heavy atom. The Kier molecular flexibility index (Phi) is 3.88. The van der Waals surface area contributed by atoms with E-state index in [1.165, 1.54) is 0 Å². The second-order valence-electron chi connectivity index (χ2n) is 5.67. The summed E-state index contributed by atoms with van der Waals surface area (Å²) in [7, 11) is 0. The molecule has 6 heteroatoms. The zero-order valence-corrected chi connectivity index (χ0v) is 12.5. The van der Waals surface area contributed by atoms with Crippen molar-refractivity contribution in [3.8, 4) is 11.4 Å². The maximum Gasteiger partial charge on any atom is 0.182 e. The number of hydrogen-bond acceptors (Lipinski definition) is 5. The first kappa shape index (κ1) is 14.0. The van der Waals surface area contributed by atoms with Crippen molar-refractivity contribution in [1.29, 1.82) is 0 Å². The number of benzene rings is 1. The maximum absolute atomic E-state index is 6.02. The van der Waals surface area contributed by atoms with Crippen LogP contribution in [-0.4, -0.2) is 32.9 Å². The summed E-state index contributed by atoms with van der Waals surface area (Å²) < 4.78 is 7.50. The van der Waals surface area contributed by atoms with Crippen LogP contribution in [0.1, 0.15) is 30.4 Å². The molecule has 0 saturated carbocycles. The number of anilines is 1. The van der Waals surface area contributed by atoms with Gasteiger partial charge < -0.3 is 10.5 Å². The molecule has 0 amide bonds. The molecule has 0 bridgehead atoms. The second kappa shape index (κ2) is 5.81. The molecule has 2 N–H and O–H groups in total. The summed E-state index contributed by atoms with van der Waals surface area (Å²) in [6.07, 6.45) is 3.57. The topological polar surface area (TPSA) is 78.8 Å². The third-order valence-corrected chi connectivity index (χ3v) is 4.07. The third-order valence-electron chi connectivity index (χ3n) is 4.07. The van der Waals surface area contributed by atoms with Crippen molar-refractivity contribution >= 4 is 5.69 Å². The predicted molar refractivity (Wildman–Crippen MR) is 80.7 cm³/mol. The maximum atomic E-state index is 6.02. The van der Waals surface area contributed by atoms with Gasteiger partial charge in [-0.2, -0.15) is 0 Å². The van der Waals surface area contributed by atoms with E-state index < -0.39 is 0 Å². The molecule has 1 aliphatic rings. The van der Waals surface area contributed by atoms with E-state index in [0.29, 0.717) is 6.10 Å². The highest BCUT2D eigenvalue weighted by molar-refractivity contribution is 5.67. The van der Waals surface area contributed by atoms with E-state index in [1.54, 1.807) is 0 Å². The SMILES string of the molecule is Cc1cc(C)c(-c2nnnn2CCC2CCCO2)cc1N. The summed E-state index contributed by atoms with van der Waals surface area (Å²) in [4.78, 5) is 0. The number of ether oxygens (including phenoxy) is 1. The van der Waals surface area contributed by atoms with Gasteiger partial charge in [0.05, 0.1) is 6.10 Å². The van der Waals surface area contributed by atoms with Gasteiger partial charge in [-0.1, -0.05) is 6.07 Å². The largest absolute Gasteiger partial charge is 0.398 e. The molecule has 1 fully saturated rings. The molecule has 1 atom stereocenters. The molecule has 1 aromatic heterocycles. The number of hydrogen-bond donors (Lipinski definition) is 1. The predicted octanol–water partition coefficient (Wildman–Crippen LogP) is 2.11. The van der Waals surface area contributed by atoms with Gasteiger partial charge in [0.2, 0.25) is 0 Å². The molecular formula is C15H21N5O. The lowest BCUT2D eigenvalue weighted by atomic mass is 10.0. The highest BCUT2D eigenvalue weighted by Gasteiger charge is 2.18. The summed E-state index contributed by atoms with van der Waals surface area (Å²) in [5.41, 5.74) is 10.00. The molecular weight excluding hydrogens is 266 g/mol. The normalized spacial score (nSPS) is 18.3. The zero-order chi connectivity index (χ0) is 14.8. The lowest BCUT2D eigenvalue weighted by Crippen LogP contribution is -2.12. The van der Waals surface area contributed by atoms with Crippen molar-refractivity contribution in [2.45, 2.75) is 45.8 Å². The van der Waals surface area contributed by atoms with Gasteiger partial charge in [-0.25, -0.2) is 4.68 Å². The summed E-state index contributed by atoms with van der Waals surface area (Å²) >= 11 is 0. The van der Waals surface area contributed by atoms with Crippen LogP contribution in [0.5, 0.6) is 0 Å². The minimum Gasteiger partial charge on any atom is -0.398 e. The molecule has 21 heavy (non-hydrogen) atoms. The average molecular weight is 287 g/mol. The van der Waals surface area contributed by atoms with Crippen molar-refractivity contribution in [3.05, 3.63) is 23.3 Å². The number of aryl methyl sites for hydroxylation is 3. The third kappa shape index (κ3) is 2.90. The molecule has 2 aromatic rings. The Bertz CT molecular complexity index is 631. The number of nitrogen functional groups attached to an aromatic ring is 1. The first-order valence-electron chi connectivity index (χ1n) is 7.40. The standard InChI is InChI=1S/C15H21N5O/c1-10-8-11(2)14(16)9-13(10)15-17-18-19-20(15)6-5-12-4-3-7-21-12/h8-9,12H,3-7,16H2,1-2H3. The molecule has 3 rings (SSSR count). The van der Waals surface area contributed by atoms with Crippen LogP contribution in [0.25, 0.3) is 11.4 Å². The van der Waals surface area contributed by atoms with E-state index in [1.807, 2.05) is 17.7 Å². The van der Waals surface area contributed by atoms with Crippen LogP contribution in [-0.2, 0) is 11.3 Å². The van der Waals surface area contributed by atoms with Crippen LogP contribution in [0, 0.1) is 13.8 Å². The Balaban J connectivity index is 1.83. The van der Waals surface area contributed by atoms with Gasteiger partial charge >= 0.3 is 0 Å². The smallest absolute Gasteiger partial charge is 0.182 e. The van der Waals surface area contributed by atoms with Crippen molar-refractivity contribution in [2.75, 3.05) is 12.3 Å². The van der Waals surface area contributed by atoms with Crippen molar-refractivity contribution in [1.82, 2.24) is 20.2 Å². The quantitative estimate of drug-likeness (QED) is 0.871. The summed E-state index contributed by atoms with van der Waals surface area (Å²) in [5.74, 6) is 0.775. The van der Waals surface area contributed by atoms with Gasteiger partial charge in [0.25, 0.3) is 0 Å². The lowest BCUT2D eigenvalue weighted by molar-refractivity contribution is 0.0994. The highest BCUT2D eigenvalue weighted by Crippen LogP contribution is 2.26. The minimum absolute atomic E-state index is 0.339. The summed E-state index contributed by atoms with van der Waals surface area (Å²) in [5, 5.41) is 12.1. The van der Waals surface area contributed by atoms with Gasteiger partial charge in [-0.05, 0) is 60.7 Å². The Morgan fingerprint density at radius 3 is 2.95 bits per heavy atom. The molecule has 0 spiro atoms. The highest BCUT2D eigenvalue weighted by atomic mass is 16.5. The number of tetrazole rings is 1. The number of aromatic nitrogens is 4. The summed E-state index contributed by atoms with van der Waals surface area (Å²) in [6.45, 7) is 5.70. The van der Waals surface area contributed by atoms with Gasteiger partial charge in [0.15, 0.2) is 5.82 Å². The van der Waals surface area contributed by atoms with Crippen LogP contribution < -0.4 is 5.73 Å². The van der Waals surface area contributed by atoms with Crippen LogP contribution >= 0.6 is 0 Å². The molecule has 112 valence electrons. The fourth-order valence-electron chi connectivity index (χ4n) is 2.80. The van der Waals surface area contributed by atoms with Crippen molar-refractivity contribution in [3.63, 3.8) is 0 Å². The second-order valence-corrected chi connectivity index (χ2v) is 5.67. The number of nitrogens with two attached hydrogens (primary N) is 1. The van der Waals surface area contributed by atoms with Crippen LogP contribution in [0.15, 0.2) is 12.1 Å². The molecule has 2 heterocycles. The zero-order valence-electron chi connectivity index (χ0n) is 12.5. The monoisotopic (exact) mass is 287 g/mol. The fraction of sp³-hybridized carbons (Fsp3) is 0.533. The summed E-state index contributed by atoms with van der Waals surface area (Å²) in [6, 6.07) is 4.03. The number of nitrogens with zero attached hydrogens (tertiary/aromatic N) is 4. The minimum atomic E-state index is 0.339. The lowest BCUT2D eigenvalue weighted by Gasteiger charge is -2.12. The molecule has 1 saturated heterocycles. The molecule has 0 aliphatic carbocycles. The van der Waals surface area contributed by atoms with Crippen molar-refractivity contribution < 1.29 is 4.74 Å². The average Bonchev–Trinajstić information content (AvgIpc) is 3.11. The Hall–Kier alpha value is -1.95. The van der Waals surface area contributed by atoms with Crippen LogP contribution in [0.4, 0.5) is 5.69 Å². The molecule has 1 unspecified atom stereocenters. The van der Waals surface area contributed by atoms with Gasteiger partial charge in [-0.3, -0.25) is 0 Å². The Labute approximate surface area is 124 Å². The van der Waals surface area contributed by atoms with Gasteiger partial charge in [-0.15, -0.1) is 5.10 Å². The van der Waals surface area contributed by atoms with Crippen LogP contribution in [0.2, 0.25) is 0 Å². The van der Waals surface area contributed by atoms with Gasteiger partial charge in [0.1, 0.15) is 0 Å². The molecule has 1 aliphatic heterocycles. The van der Waals surface area contributed by atoms with E-state index in [9.17, 15) is 0 Å². The molecule has 6 nitrogen and oxygen atoms in total. The molecule has 0 radical (unpaired) electrons. The van der Waals surface area contributed by atoms with E-state index in [4.69, 9.17) is 10.5 Å². The van der Waals surface area contributed by atoms with E-state index >= 15 is 0 Å². The van der Waals surface area contributed by atoms with E-state index in [2.05, 4.69) is 28.5 Å². The number of rotatable bonds is 4. The van der Waals surface area contributed by atoms with Crippen molar-refractivity contribution in [2.24, 2.45) is 0 Å². The first-order valence-corrected chi connectivity index (χ1v) is 7.40. The van der Waals surface area contributed by atoms with E-state index in [-0.39, 0.29) is 0 Å². The Morgan fingerprint density at radius 2 is 2.19 bits per heavy atom. The fourth-order valence-corrected chi connectivity index (χ4v) is 2.80.